The Morgan fingerprint density at radius 2 is 1.87 bits per heavy atom. The number of rotatable bonds is 6. The number of aromatic nitrogens is 1. The first-order chi connectivity index (χ1) is 15.0. The standard InChI is InChI=1S/C24H18ClN3O3/c25-16-7-10-18(11-8-16)31-22-4-2-1-3-19(22)21-12-9-17(14-27-21)28-24(30)20(13-26)23(29)15-5-6-15/h1-4,7-12,14-15,29H,5-6H2,(H,28,30). The number of carbonyl (C=O) groups excluding carboxylic acids is 1. The molecule has 6 nitrogen and oxygen atoms in total. The Labute approximate surface area is 184 Å². The molecule has 0 spiro atoms. The molecule has 1 saturated carbocycles. The van der Waals surface area contributed by atoms with Gasteiger partial charge in [0.2, 0.25) is 0 Å². The molecule has 2 N–H and O–H groups in total. The Morgan fingerprint density at radius 1 is 1.13 bits per heavy atom. The van der Waals surface area contributed by atoms with Gasteiger partial charge in [-0.1, -0.05) is 23.7 Å². The first kappa shape index (κ1) is 20.5. The molecule has 0 unspecified atom stereocenters. The summed E-state index contributed by atoms with van der Waals surface area (Å²) < 4.78 is 5.98. The predicted molar refractivity (Wildman–Crippen MR) is 118 cm³/mol. The number of carbonyl (C=O) groups is 1. The van der Waals surface area contributed by atoms with Crippen LogP contribution < -0.4 is 10.1 Å². The summed E-state index contributed by atoms with van der Waals surface area (Å²) in [6, 6.07) is 19.7. The molecule has 0 atom stereocenters. The quantitative estimate of drug-likeness (QED) is 0.288. The molecule has 1 aliphatic carbocycles. The third-order valence-corrected chi connectivity index (χ3v) is 5.04. The van der Waals surface area contributed by atoms with Crippen molar-refractivity contribution in [2.24, 2.45) is 5.92 Å². The number of hydrogen-bond acceptors (Lipinski definition) is 5. The summed E-state index contributed by atoms with van der Waals surface area (Å²) in [6.45, 7) is 0. The van der Waals surface area contributed by atoms with Crippen LogP contribution in [0.2, 0.25) is 5.02 Å². The molecule has 0 radical (unpaired) electrons. The maximum Gasteiger partial charge on any atom is 0.269 e. The largest absolute Gasteiger partial charge is 0.510 e. The molecular formula is C24H18ClN3O3. The fourth-order valence-electron chi connectivity index (χ4n) is 3.00. The van der Waals surface area contributed by atoms with E-state index in [2.05, 4.69) is 10.3 Å². The molecule has 0 aliphatic heterocycles. The molecule has 0 saturated heterocycles. The lowest BCUT2D eigenvalue weighted by Crippen LogP contribution is -2.16. The number of pyridine rings is 1. The first-order valence-corrected chi connectivity index (χ1v) is 10.1. The van der Waals surface area contributed by atoms with Gasteiger partial charge >= 0.3 is 0 Å². The van der Waals surface area contributed by atoms with Crippen LogP contribution in [0, 0.1) is 17.2 Å². The monoisotopic (exact) mass is 431 g/mol. The second kappa shape index (κ2) is 8.90. The number of benzene rings is 2. The molecule has 1 fully saturated rings. The van der Waals surface area contributed by atoms with Crippen LogP contribution in [-0.4, -0.2) is 16.0 Å². The van der Waals surface area contributed by atoms with Crippen LogP contribution in [0.25, 0.3) is 11.3 Å². The number of anilines is 1. The number of halogens is 1. The van der Waals surface area contributed by atoms with Crippen molar-refractivity contribution < 1.29 is 14.6 Å². The van der Waals surface area contributed by atoms with Crippen LogP contribution in [-0.2, 0) is 4.79 Å². The number of allylic oxidation sites excluding steroid dienone is 1. The van der Waals surface area contributed by atoms with Crippen molar-refractivity contribution in [3.63, 3.8) is 0 Å². The van der Waals surface area contributed by atoms with E-state index in [1.807, 2.05) is 24.3 Å². The maximum absolute atomic E-state index is 12.3. The number of amides is 1. The minimum absolute atomic E-state index is 0.0851. The smallest absolute Gasteiger partial charge is 0.269 e. The Bertz CT molecular complexity index is 1180. The van der Waals surface area contributed by atoms with Crippen molar-refractivity contribution in [3.05, 3.63) is 83.2 Å². The zero-order chi connectivity index (χ0) is 21.8. The molecule has 1 heterocycles. The summed E-state index contributed by atoms with van der Waals surface area (Å²) in [6.07, 6.45) is 3.07. The second-order valence-electron chi connectivity index (χ2n) is 7.08. The summed E-state index contributed by atoms with van der Waals surface area (Å²) in [5.74, 6) is 0.397. The highest BCUT2D eigenvalue weighted by Gasteiger charge is 2.30. The van der Waals surface area contributed by atoms with E-state index in [1.165, 1.54) is 6.20 Å². The summed E-state index contributed by atoms with van der Waals surface area (Å²) in [4.78, 5) is 16.8. The Balaban J connectivity index is 1.52. The number of aliphatic hydroxyl groups excluding tert-OH is 1. The van der Waals surface area contributed by atoms with E-state index in [0.29, 0.717) is 27.9 Å². The van der Waals surface area contributed by atoms with Crippen LogP contribution in [0.4, 0.5) is 5.69 Å². The van der Waals surface area contributed by atoms with E-state index in [9.17, 15) is 15.2 Å². The lowest BCUT2D eigenvalue weighted by molar-refractivity contribution is -0.112. The number of ether oxygens (including phenoxy) is 1. The minimum Gasteiger partial charge on any atom is -0.510 e. The molecule has 1 aromatic heterocycles. The van der Waals surface area contributed by atoms with Crippen LogP contribution in [0.5, 0.6) is 11.5 Å². The third-order valence-electron chi connectivity index (χ3n) is 4.78. The van der Waals surface area contributed by atoms with Crippen molar-refractivity contribution in [2.75, 3.05) is 5.32 Å². The molecule has 2 aromatic carbocycles. The average Bonchev–Trinajstić information content (AvgIpc) is 3.62. The van der Waals surface area contributed by atoms with Crippen molar-refractivity contribution >= 4 is 23.2 Å². The predicted octanol–water partition coefficient (Wildman–Crippen LogP) is 5.88. The fourth-order valence-corrected chi connectivity index (χ4v) is 3.13. The highest BCUT2D eigenvalue weighted by atomic mass is 35.5. The van der Waals surface area contributed by atoms with Crippen molar-refractivity contribution in [2.45, 2.75) is 12.8 Å². The van der Waals surface area contributed by atoms with Gasteiger partial charge in [-0.15, -0.1) is 0 Å². The Morgan fingerprint density at radius 3 is 2.52 bits per heavy atom. The minimum atomic E-state index is -0.645. The number of nitrogens with zero attached hydrogens (tertiary/aromatic N) is 2. The normalized spacial score (nSPS) is 13.7. The van der Waals surface area contributed by atoms with E-state index >= 15 is 0 Å². The summed E-state index contributed by atoms with van der Waals surface area (Å²) in [5, 5.41) is 22.5. The van der Waals surface area contributed by atoms with Gasteiger partial charge in [0.1, 0.15) is 23.3 Å². The summed E-state index contributed by atoms with van der Waals surface area (Å²) in [5.41, 5.74) is 1.59. The highest BCUT2D eigenvalue weighted by Crippen LogP contribution is 2.36. The van der Waals surface area contributed by atoms with Gasteiger partial charge < -0.3 is 15.2 Å². The number of aliphatic hydroxyl groups is 1. The van der Waals surface area contributed by atoms with Gasteiger partial charge in [0.15, 0.2) is 5.57 Å². The molecule has 31 heavy (non-hydrogen) atoms. The zero-order valence-electron chi connectivity index (χ0n) is 16.4. The highest BCUT2D eigenvalue weighted by molar-refractivity contribution is 6.30. The van der Waals surface area contributed by atoms with Gasteiger partial charge in [0, 0.05) is 16.5 Å². The molecule has 0 bridgehead atoms. The summed E-state index contributed by atoms with van der Waals surface area (Å²) in [7, 11) is 0. The van der Waals surface area contributed by atoms with Crippen molar-refractivity contribution in [1.82, 2.24) is 4.98 Å². The van der Waals surface area contributed by atoms with E-state index in [-0.39, 0.29) is 17.3 Å². The van der Waals surface area contributed by atoms with Crippen molar-refractivity contribution in [1.29, 1.82) is 5.26 Å². The molecule has 1 aliphatic rings. The van der Waals surface area contributed by atoms with Gasteiger partial charge in [0.25, 0.3) is 5.91 Å². The fraction of sp³-hybridized carbons (Fsp3) is 0.125. The van der Waals surface area contributed by atoms with Gasteiger partial charge in [0.05, 0.1) is 17.6 Å². The third kappa shape index (κ3) is 4.85. The van der Waals surface area contributed by atoms with Gasteiger partial charge in [-0.05, 0) is 61.4 Å². The number of nitriles is 1. The molecule has 7 heteroatoms. The molecule has 1 amide bonds. The summed E-state index contributed by atoms with van der Waals surface area (Å²) >= 11 is 5.93. The van der Waals surface area contributed by atoms with E-state index < -0.39 is 5.91 Å². The van der Waals surface area contributed by atoms with Crippen LogP contribution in [0.1, 0.15) is 12.8 Å². The molecule has 3 aromatic rings. The number of para-hydroxylation sites is 1. The number of hydrogen-bond donors (Lipinski definition) is 2. The van der Waals surface area contributed by atoms with Gasteiger partial charge in [-0.25, -0.2) is 0 Å². The van der Waals surface area contributed by atoms with Crippen LogP contribution in [0.3, 0.4) is 0 Å². The van der Waals surface area contributed by atoms with Crippen LogP contribution >= 0.6 is 11.6 Å². The Hall–Kier alpha value is -3.82. The average molecular weight is 432 g/mol. The van der Waals surface area contributed by atoms with E-state index in [0.717, 1.165) is 18.4 Å². The lowest BCUT2D eigenvalue weighted by Gasteiger charge is -2.11. The SMILES string of the molecule is N#CC(C(=O)Nc1ccc(-c2ccccc2Oc2ccc(Cl)cc2)nc1)=C(O)C1CC1. The lowest BCUT2D eigenvalue weighted by atomic mass is 10.1. The topological polar surface area (TPSA) is 95.2 Å². The molecule has 4 rings (SSSR count). The first-order valence-electron chi connectivity index (χ1n) is 9.68. The second-order valence-corrected chi connectivity index (χ2v) is 7.52. The van der Waals surface area contributed by atoms with E-state index in [1.54, 1.807) is 42.5 Å². The molecule has 154 valence electrons. The van der Waals surface area contributed by atoms with Gasteiger partial charge in [-0.3, -0.25) is 9.78 Å². The van der Waals surface area contributed by atoms with Crippen LogP contribution in [0.15, 0.2) is 78.2 Å². The van der Waals surface area contributed by atoms with Crippen molar-refractivity contribution in [3.8, 4) is 28.8 Å². The zero-order valence-corrected chi connectivity index (χ0v) is 17.1. The maximum atomic E-state index is 12.3. The Kier molecular flexibility index (Phi) is 5.87. The van der Waals surface area contributed by atoms with Gasteiger partial charge in [-0.2, -0.15) is 5.26 Å². The number of nitrogens with one attached hydrogen (secondary N) is 1. The van der Waals surface area contributed by atoms with E-state index in [4.69, 9.17) is 16.3 Å². The molecular weight excluding hydrogens is 414 g/mol.